The second kappa shape index (κ2) is 6.08. The maximum atomic E-state index is 13.0. The van der Waals surface area contributed by atoms with Gasteiger partial charge in [-0.1, -0.05) is 6.42 Å². The van der Waals surface area contributed by atoms with Crippen molar-refractivity contribution >= 4 is 18.3 Å². The van der Waals surface area contributed by atoms with Crippen LogP contribution in [0.15, 0.2) is 0 Å². The summed E-state index contributed by atoms with van der Waals surface area (Å²) in [5.41, 5.74) is 6.09. The van der Waals surface area contributed by atoms with Gasteiger partial charge in [0.15, 0.2) is 0 Å². The molecule has 0 aromatic rings. The molecule has 2 saturated heterocycles. The molecule has 3 nitrogen and oxygen atoms in total. The Labute approximate surface area is 134 Å². The highest BCUT2D eigenvalue weighted by Gasteiger charge is 2.45. The summed E-state index contributed by atoms with van der Waals surface area (Å²) in [4.78, 5) is 15.3. The number of carbonyl (C=O) groups excluding carboxylic acids is 1. The smallest absolute Gasteiger partial charge is 0.225 e. The van der Waals surface area contributed by atoms with Gasteiger partial charge < -0.3 is 10.6 Å². The fraction of sp³-hybridized carbons (Fsp3) is 0.941. The number of hydrogen-bond donors (Lipinski definition) is 1. The molecule has 0 aromatic heterocycles. The lowest BCUT2D eigenvalue weighted by atomic mass is 9.68. The average molecular weight is 313 g/mol. The topological polar surface area (TPSA) is 46.3 Å². The van der Waals surface area contributed by atoms with Crippen LogP contribution in [0.3, 0.4) is 0 Å². The molecule has 5 fully saturated rings. The molecule has 3 aliphatic carbocycles. The van der Waals surface area contributed by atoms with Gasteiger partial charge in [0.05, 0.1) is 0 Å². The van der Waals surface area contributed by atoms with Gasteiger partial charge in [-0.2, -0.15) is 0 Å². The summed E-state index contributed by atoms with van der Waals surface area (Å²) in [5.74, 6) is 3.33. The van der Waals surface area contributed by atoms with E-state index in [1.807, 2.05) is 0 Å². The third-order valence-corrected chi connectivity index (χ3v) is 6.45. The third kappa shape index (κ3) is 2.96. The molecular formula is C17H29ClN2O. The third-order valence-electron chi connectivity index (χ3n) is 6.45. The van der Waals surface area contributed by atoms with E-state index in [-0.39, 0.29) is 24.4 Å². The lowest BCUT2D eigenvalue weighted by molar-refractivity contribution is -0.139. The first kappa shape index (κ1) is 15.6. The van der Waals surface area contributed by atoms with Crippen molar-refractivity contribution in [3.05, 3.63) is 0 Å². The maximum absolute atomic E-state index is 13.0. The summed E-state index contributed by atoms with van der Waals surface area (Å²) in [6.07, 6.45) is 11.1. The molecule has 0 spiro atoms. The van der Waals surface area contributed by atoms with Crippen molar-refractivity contribution in [3.8, 4) is 0 Å². The van der Waals surface area contributed by atoms with E-state index in [1.165, 1.54) is 32.1 Å². The molecule has 5 aliphatic rings. The number of nitrogens with zero attached hydrogens (tertiary/aromatic N) is 1. The van der Waals surface area contributed by atoms with Crippen LogP contribution < -0.4 is 5.73 Å². The lowest BCUT2D eigenvalue weighted by Crippen LogP contribution is -2.46. The highest BCUT2D eigenvalue weighted by Crippen LogP contribution is 2.48. The van der Waals surface area contributed by atoms with E-state index in [1.54, 1.807) is 0 Å². The Bertz CT molecular complexity index is 388. The predicted molar refractivity (Wildman–Crippen MR) is 86.2 cm³/mol. The largest absolute Gasteiger partial charge is 0.339 e. The van der Waals surface area contributed by atoms with Crippen LogP contribution in [-0.4, -0.2) is 29.4 Å². The van der Waals surface area contributed by atoms with Gasteiger partial charge >= 0.3 is 0 Å². The Kier molecular flexibility index (Phi) is 4.52. The van der Waals surface area contributed by atoms with E-state index in [4.69, 9.17) is 5.73 Å². The van der Waals surface area contributed by atoms with Gasteiger partial charge in [0.1, 0.15) is 0 Å². The van der Waals surface area contributed by atoms with Crippen molar-refractivity contribution < 1.29 is 4.79 Å². The minimum Gasteiger partial charge on any atom is -0.339 e. The molecule has 1 amide bonds. The van der Waals surface area contributed by atoms with Crippen molar-refractivity contribution in [2.75, 3.05) is 6.54 Å². The first-order valence-electron chi connectivity index (χ1n) is 8.75. The summed E-state index contributed by atoms with van der Waals surface area (Å²) in [6, 6.07) is 0.828. The van der Waals surface area contributed by atoms with Crippen LogP contribution in [0.2, 0.25) is 0 Å². The molecule has 2 N–H and O–H groups in total. The summed E-state index contributed by atoms with van der Waals surface area (Å²) in [6.45, 7) is 1.06. The van der Waals surface area contributed by atoms with Crippen molar-refractivity contribution in [1.82, 2.24) is 4.90 Å². The second-order valence-corrected chi connectivity index (χ2v) is 8.04. The lowest BCUT2D eigenvalue weighted by Gasteiger charge is -2.40. The van der Waals surface area contributed by atoms with Crippen LogP contribution in [0.5, 0.6) is 0 Å². The highest BCUT2D eigenvalue weighted by molar-refractivity contribution is 5.85. The Morgan fingerprint density at radius 2 is 1.57 bits per heavy atom. The Balaban J connectivity index is 0.00000132. The van der Waals surface area contributed by atoms with Gasteiger partial charge in [-0.25, -0.2) is 0 Å². The first-order valence-corrected chi connectivity index (χ1v) is 8.75. The first-order chi connectivity index (χ1) is 9.69. The van der Waals surface area contributed by atoms with E-state index >= 15 is 0 Å². The molecule has 120 valence electrons. The molecule has 4 heteroatoms. The second-order valence-electron chi connectivity index (χ2n) is 8.04. The molecule has 2 aliphatic heterocycles. The fourth-order valence-corrected chi connectivity index (χ4v) is 5.74. The minimum absolute atomic E-state index is 0. The van der Waals surface area contributed by atoms with E-state index in [9.17, 15) is 4.79 Å². The van der Waals surface area contributed by atoms with Gasteiger partial charge in [-0.15, -0.1) is 12.4 Å². The van der Waals surface area contributed by atoms with Crippen LogP contribution in [0.25, 0.3) is 0 Å². The van der Waals surface area contributed by atoms with Gasteiger partial charge in [-0.05, 0) is 69.1 Å². The van der Waals surface area contributed by atoms with E-state index in [0.717, 1.165) is 50.0 Å². The average Bonchev–Trinajstić information content (AvgIpc) is 2.62. The quantitative estimate of drug-likeness (QED) is 0.809. The van der Waals surface area contributed by atoms with Crippen molar-refractivity contribution in [2.24, 2.45) is 29.4 Å². The Hall–Kier alpha value is -0.280. The van der Waals surface area contributed by atoms with Crippen molar-refractivity contribution in [2.45, 2.75) is 69.9 Å². The number of hydrogen-bond acceptors (Lipinski definition) is 2. The number of fused-ring (bicyclic) bond motifs is 1. The van der Waals surface area contributed by atoms with Gasteiger partial charge in [0.25, 0.3) is 0 Å². The zero-order chi connectivity index (χ0) is 13.7. The van der Waals surface area contributed by atoms with E-state index in [2.05, 4.69) is 4.90 Å². The standard InChI is InChI=1S/C17H28N2O.ClH/c18-15-3-1-2-14(9-15)17(20)19-10-13-5-11-4-12(6-13)8-16(19)7-11;/h11-16H,1-10,18H2;1H. The summed E-state index contributed by atoms with van der Waals surface area (Å²) in [7, 11) is 0. The van der Waals surface area contributed by atoms with Crippen LogP contribution in [0.1, 0.15) is 57.8 Å². The van der Waals surface area contributed by atoms with Gasteiger partial charge in [0.2, 0.25) is 5.91 Å². The number of carbonyl (C=O) groups is 1. The normalized spacial score (nSPS) is 45.1. The molecular weight excluding hydrogens is 284 g/mol. The van der Waals surface area contributed by atoms with Crippen molar-refractivity contribution in [1.29, 1.82) is 0 Å². The fourth-order valence-electron chi connectivity index (χ4n) is 5.74. The van der Waals surface area contributed by atoms with Crippen molar-refractivity contribution in [3.63, 3.8) is 0 Å². The molecule has 2 heterocycles. The minimum atomic E-state index is 0. The van der Waals surface area contributed by atoms with Gasteiger partial charge in [0, 0.05) is 24.5 Å². The van der Waals surface area contributed by atoms with Gasteiger partial charge in [-0.3, -0.25) is 4.79 Å². The highest BCUT2D eigenvalue weighted by atomic mass is 35.5. The monoisotopic (exact) mass is 312 g/mol. The molecule has 3 saturated carbocycles. The Morgan fingerprint density at radius 1 is 0.905 bits per heavy atom. The van der Waals surface area contributed by atoms with Crippen LogP contribution in [-0.2, 0) is 4.79 Å². The number of halogens is 1. The molecule has 0 aromatic carbocycles. The SMILES string of the molecule is Cl.NC1CCCC(C(=O)N2CC3CC4CC(C3)CC2C4)C1. The Morgan fingerprint density at radius 3 is 2.24 bits per heavy atom. The maximum Gasteiger partial charge on any atom is 0.225 e. The van der Waals surface area contributed by atoms with Crippen LogP contribution >= 0.6 is 12.4 Å². The number of amides is 1. The van der Waals surface area contributed by atoms with Crippen LogP contribution in [0.4, 0.5) is 0 Å². The molecule has 4 atom stereocenters. The zero-order valence-electron chi connectivity index (χ0n) is 12.9. The van der Waals surface area contributed by atoms with Crippen LogP contribution in [0, 0.1) is 23.7 Å². The predicted octanol–water partition coefficient (Wildman–Crippen LogP) is 2.96. The molecule has 21 heavy (non-hydrogen) atoms. The van der Waals surface area contributed by atoms with E-state index in [0.29, 0.717) is 11.9 Å². The zero-order valence-corrected chi connectivity index (χ0v) is 13.7. The molecule has 4 bridgehead atoms. The number of rotatable bonds is 1. The summed E-state index contributed by atoms with van der Waals surface area (Å²) in [5, 5.41) is 0. The van der Waals surface area contributed by atoms with E-state index < -0.39 is 0 Å². The summed E-state index contributed by atoms with van der Waals surface area (Å²) < 4.78 is 0. The summed E-state index contributed by atoms with van der Waals surface area (Å²) >= 11 is 0. The number of nitrogens with two attached hydrogens (primary N) is 1. The molecule has 5 rings (SSSR count). The molecule has 0 radical (unpaired) electrons. The molecule has 4 unspecified atom stereocenters.